The number of hydrogen-bond acceptors (Lipinski definition) is 7. The van der Waals surface area contributed by atoms with Crippen molar-refractivity contribution in [1.29, 1.82) is 0 Å². The van der Waals surface area contributed by atoms with Crippen LogP contribution in [-0.2, 0) is 24.0 Å². The van der Waals surface area contributed by atoms with Gasteiger partial charge in [0.15, 0.2) is 5.78 Å². The maximum absolute atomic E-state index is 13.1. The first-order chi connectivity index (χ1) is 14.3. The molecule has 1 unspecified atom stereocenters. The Bertz CT molecular complexity index is 664. The molecule has 0 aromatic carbocycles. The molecule has 1 aliphatic heterocycles. The summed E-state index contributed by atoms with van der Waals surface area (Å²) < 4.78 is 0. The Morgan fingerprint density at radius 1 is 1.13 bits per heavy atom. The average Bonchev–Trinajstić information content (AvgIpc) is 2.71. The normalized spacial score (nSPS) is 20.4. The van der Waals surface area contributed by atoms with Crippen molar-refractivity contribution in [1.82, 2.24) is 15.5 Å². The van der Waals surface area contributed by atoms with E-state index in [1.807, 2.05) is 0 Å². The summed E-state index contributed by atoms with van der Waals surface area (Å²) in [5.41, 5.74) is 0. The molecule has 30 heavy (non-hydrogen) atoms. The van der Waals surface area contributed by atoms with Crippen LogP contribution >= 0.6 is 23.5 Å². The number of thioether (sulfide) groups is 2. The van der Waals surface area contributed by atoms with Gasteiger partial charge < -0.3 is 15.5 Å². The van der Waals surface area contributed by atoms with Gasteiger partial charge in [0.1, 0.15) is 5.78 Å². The molecule has 1 heterocycles. The molecule has 10 heteroatoms. The molecule has 0 saturated heterocycles. The third-order valence-electron chi connectivity index (χ3n) is 4.35. The van der Waals surface area contributed by atoms with Crippen molar-refractivity contribution >= 4 is 52.8 Å². The summed E-state index contributed by atoms with van der Waals surface area (Å²) in [7, 11) is 1.51. The Balaban J connectivity index is 2.93. The smallest absolute Gasteiger partial charge is 0.244 e. The van der Waals surface area contributed by atoms with Crippen molar-refractivity contribution in [3.63, 3.8) is 0 Å². The number of Topliss-reactive ketones (excluding diaryl/α,β-unsaturated/α-hetero) is 1. The van der Waals surface area contributed by atoms with E-state index in [2.05, 4.69) is 10.6 Å². The van der Waals surface area contributed by atoms with Crippen LogP contribution in [0.5, 0.6) is 0 Å². The van der Waals surface area contributed by atoms with Crippen molar-refractivity contribution < 1.29 is 24.0 Å². The quantitative estimate of drug-likeness (QED) is 0.598. The first kappa shape index (κ1) is 26.0. The van der Waals surface area contributed by atoms with E-state index in [0.29, 0.717) is 5.08 Å². The highest BCUT2D eigenvalue weighted by atomic mass is 32.2. The van der Waals surface area contributed by atoms with Crippen LogP contribution in [0.3, 0.4) is 0 Å². The van der Waals surface area contributed by atoms with Gasteiger partial charge in [-0.2, -0.15) is 0 Å². The number of carbonyl (C=O) groups excluding carboxylic acids is 5. The van der Waals surface area contributed by atoms with Gasteiger partial charge in [0, 0.05) is 57.1 Å². The maximum Gasteiger partial charge on any atom is 0.244 e. The molecule has 3 amide bonds. The van der Waals surface area contributed by atoms with Gasteiger partial charge in [0.05, 0.1) is 5.92 Å². The molecule has 0 aliphatic carbocycles. The van der Waals surface area contributed by atoms with E-state index in [1.54, 1.807) is 10.8 Å². The maximum atomic E-state index is 13.1. The molecule has 0 aromatic rings. The summed E-state index contributed by atoms with van der Waals surface area (Å²) in [4.78, 5) is 61.7. The second-order valence-corrected chi connectivity index (χ2v) is 8.86. The fraction of sp³-hybridized carbons (Fsp3) is 0.550. The number of rotatable bonds is 7. The van der Waals surface area contributed by atoms with Crippen LogP contribution in [0.15, 0.2) is 23.0 Å². The van der Waals surface area contributed by atoms with Crippen LogP contribution in [0.25, 0.3) is 0 Å². The molecule has 0 fully saturated rings. The van der Waals surface area contributed by atoms with Crippen molar-refractivity contribution in [2.75, 3.05) is 31.8 Å². The van der Waals surface area contributed by atoms with Crippen molar-refractivity contribution in [2.45, 2.75) is 32.6 Å². The lowest BCUT2D eigenvalue weighted by atomic mass is 9.99. The number of allylic oxidation sites excluding steroid dienone is 1. The zero-order valence-corrected chi connectivity index (χ0v) is 19.0. The predicted molar refractivity (Wildman–Crippen MR) is 120 cm³/mol. The van der Waals surface area contributed by atoms with Crippen molar-refractivity contribution in [3.8, 4) is 0 Å². The van der Waals surface area contributed by atoms with Crippen LogP contribution in [0, 0.1) is 5.92 Å². The van der Waals surface area contributed by atoms with Gasteiger partial charge in [0.2, 0.25) is 17.7 Å². The molecule has 8 nitrogen and oxygen atoms in total. The third kappa shape index (κ3) is 11.2. The van der Waals surface area contributed by atoms with Gasteiger partial charge >= 0.3 is 0 Å². The van der Waals surface area contributed by atoms with Crippen LogP contribution in [0.4, 0.5) is 0 Å². The molecular weight excluding hydrogens is 426 g/mol. The number of hydrogen-bond donors (Lipinski definition) is 2. The molecule has 0 saturated carbocycles. The van der Waals surface area contributed by atoms with Gasteiger partial charge in [-0.25, -0.2) is 0 Å². The first-order valence-electron chi connectivity index (χ1n) is 9.69. The lowest BCUT2D eigenvalue weighted by Crippen LogP contribution is -2.43. The number of amides is 3. The zero-order chi connectivity index (χ0) is 22.4. The summed E-state index contributed by atoms with van der Waals surface area (Å²) in [5, 5.41) is 9.29. The van der Waals surface area contributed by atoms with Crippen molar-refractivity contribution in [3.05, 3.63) is 23.0 Å². The summed E-state index contributed by atoms with van der Waals surface area (Å²) >= 11 is 2.88. The lowest BCUT2D eigenvalue weighted by Gasteiger charge is -2.27. The predicted octanol–water partition coefficient (Wildman–Crippen LogP) is 1.48. The second-order valence-electron chi connectivity index (χ2n) is 6.70. The highest BCUT2D eigenvalue weighted by Gasteiger charge is 2.26. The summed E-state index contributed by atoms with van der Waals surface area (Å²) in [6.45, 7) is 1.87. The zero-order valence-electron chi connectivity index (χ0n) is 17.3. The molecule has 1 aliphatic rings. The Morgan fingerprint density at radius 3 is 2.47 bits per heavy atom. The fourth-order valence-corrected chi connectivity index (χ4v) is 4.00. The second kappa shape index (κ2) is 14.8. The molecule has 0 spiro atoms. The minimum Gasteiger partial charge on any atom is -0.359 e. The van der Waals surface area contributed by atoms with E-state index in [-0.39, 0.29) is 74.6 Å². The summed E-state index contributed by atoms with van der Waals surface area (Å²) in [6.07, 6.45) is 3.63. The monoisotopic (exact) mass is 455 g/mol. The van der Waals surface area contributed by atoms with Gasteiger partial charge in [-0.05, 0) is 30.2 Å². The molecule has 2 N–H and O–H groups in total. The number of nitrogens with one attached hydrogen (secondary N) is 2. The minimum atomic E-state index is -0.625. The molecule has 1 atom stereocenters. The van der Waals surface area contributed by atoms with Crippen LogP contribution in [-0.4, -0.2) is 66.0 Å². The van der Waals surface area contributed by atoms with Gasteiger partial charge in [-0.3, -0.25) is 24.0 Å². The van der Waals surface area contributed by atoms with Gasteiger partial charge in [-0.15, -0.1) is 23.5 Å². The topological polar surface area (TPSA) is 113 Å². The Labute approximate surface area is 185 Å². The van der Waals surface area contributed by atoms with Crippen LogP contribution in [0.1, 0.15) is 32.6 Å². The molecule has 0 radical (unpaired) electrons. The van der Waals surface area contributed by atoms with Gasteiger partial charge in [0.25, 0.3) is 0 Å². The Hall–Kier alpha value is -2.07. The van der Waals surface area contributed by atoms with Crippen molar-refractivity contribution in [2.24, 2.45) is 5.92 Å². The highest BCUT2D eigenvalue weighted by molar-refractivity contribution is 8.18. The van der Waals surface area contributed by atoms with E-state index in [0.717, 1.165) is 0 Å². The third-order valence-corrected chi connectivity index (χ3v) is 6.09. The van der Waals surface area contributed by atoms with E-state index < -0.39 is 5.92 Å². The number of nitrogens with zero attached hydrogens (tertiary/aromatic N) is 1. The summed E-state index contributed by atoms with van der Waals surface area (Å²) in [6, 6.07) is 0. The summed E-state index contributed by atoms with van der Waals surface area (Å²) in [5.74, 6) is -1.59. The number of carbonyl (C=O) groups is 5. The van der Waals surface area contributed by atoms with E-state index in [4.69, 9.17) is 0 Å². The van der Waals surface area contributed by atoms with Crippen LogP contribution in [0.2, 0.25) is 0 Å². The molecule has 0 bridgehead atoms. The SMILES string of the molecule is CNC(=O)CCN(CCC(C)=O)C(=O)C1CCC(=O)/C=C/SCS/C=C/C(=O)NC1. The van der Waals surface area contributed by atoms with Gasteiger partial charge in [-0.1, -0.05) is 0 Å². The molecule has 166 valence electrons. The van der Waals surface area contributed by atoms with E-state index >= 15 is 0 Å². The lowest BCUT2D eigenvalue weighted by molar-refractivity contribution is -0.136. The van der Waals surface area contributed by atoms with E-state index in [9.17, 15) is 24.0 Å². The first-order valence-corrected chi connectivity index (χ1v) is 11.8. The molecule has 1 rings (SSSR count). The largest absolute Gasteiger partial charge is 0.359 e. The fourth-order valence-electron chi connectivity index (χ4n) is 2.59. The standard InChI is InChI=1S/C20H29N3O5S2/c1-15(24)5-9-23(10-6-18(26)21-2)20(28)16-3-4-17(25)7-11-29-14-30-12-8-19(27)22-13-16/h7-8,11-12,16H,3-6,9-10,13-14H2,1-2H3,(H,21,26)(H,22,27)/b11-7+,12-8+. The van der Waals surface area contributed by atoms with Crippen LogP contribution < -0.4 is 10.6 Å². The molecule has 0 aromatic heterocycles. The highest BCUT2D eigenvalue weighted by Crippen LogP contribution is 2.16. The molecular formula is C20H29N3O5S2. The number of ketones is 2. The van der Waals surface area contributed by atoms with E-state index in [1.165, 1.54) is 54.5 Å². The minimum absolute atomic E-state index is 0.0625. The Morgan fingerprint density at radius 2 is 1.80 bits per heavy atom. The average molecular weight is 456 g/mol. The Kier molecular flexibility index (Phi) is 12.8.